The number of rotatable bonds is 2. The van der Waals surface area contributed by atoms with E-state index in [1.807, 2.05) is 0 Å². The van der Waals surface area contributed by atoms with Crippen molar-refractivity contribution in [3.63, 3.8) is 0 Å². The average molecular weight is 672 g/mol. The summed E-state index contributed by atoms with van der Waals surface area (Å²) in [4.78, 5) is 0. The molecule has 0 fully saturated rings. The van der Waals surface area contributed by atoms with Gasteiger partial charge in [0.2, 0.25) is 0 Å². The molecular weight excluding hydrogens is 643 g/mol. The van der Waals surface area contributed by atoms with E-state index < -0.39 is 0 Å². The van der Waals surface area contributed by atoms with Crippen molar-refractivity contribution in [2.24, 2.45) is 0 Å². The number of fused-ring (bicyclic) bond motifs is 16. The van der Waals surface area contributed by atoms with Gasteiger partial charge in [-0.1, -0.05) is 109 Å². The molecule has 0 bridgehead atoms. The maximum atomic E-state index is 2.57. The van der Waals surface area contributed by atoms with Crippen LogP contribution in [0, 0.1) is 0 Å². The lowest BCUT2D eigenvalue weighted by atomic mass is 9.95. The van der Waals surface area contributed by atoms with E-state index in [1.54, 1.807) is 0 Å². The van der Waals surface area contributed by atoms with Gasteiger partial charge in [-0.2, -0.15) is 0 Å². The number of nitrogens with zero attached hydrogens (tertiary/aromatic N) is 3. The molecule has 0 unspecified atom stereocenters. The highest BCUT2D eigenvalue weighted by atomic mass is 15.0. The fourth-order valence-electron chi connectivity index (χ4n) is 9.73. The fourth-order valence-corrected chi connectivity index (χ4v) is 9.73. The van der Waals surface area contributed by atoms with E-state index in [1.165, 1.54) is 115 Å². The van der Waals surface area contributed by atoms with Gasteiger partial charge < -0.3 is 13.5 Å². The molecule has 0 aliphatic rings. The highest BCUT2D eigenvalue weighted by molar-refractivity contribution is 6.36. The van der Waals surface area contributed by atoms with Crippen LogP contribution in [0.3, 0.4) is 0 Å². The number of hydrogen-bond acceptors (Lipinski definition) is 0. The normalized spacial score (nSPS) is 12.5. The molecule has 0 atom stereocenters. The smallest absolute Gasteiger partial charge is 0.0627 e. The monoisotopic (exact) mass is 671 g/mol. The van der Waals surface area contributed by atoms with E-state index in [0.717, 1.165) is 0 Å². The molecule has 0 radical (unpaired) electrons. The molecule has 0 saturated carbocycles. The topological polar surface area (TPSA) is 14.3 Å². The third kappa shape index (κ3) is 3.44. The number of aromatic nitrogens is 3. The lowest BCUT2D eigenvalue weighted by Gasteiger charge is -2.09. The molecule has 9 aromatic carbocycles. The Bertz CT molecular complexity index is 3660. The van der Waals surface area contributed by atoms with Gasteiger partial charge in [0.1, 0.15) is 0 Å². The molecule has 0 aliphatic heterocycles. The maximum Gasteiger partial charge on any atom is 0.0627 e. The molecule has 0 aliphatic carbocycles. The first-order valence-electron chi connectivity index (χ1n) is 18.4. The number of hydrogen-bond donors (Lipinski definition) is 0. The summed E-state index contributed by atoms with van der Waals surface area (Å²) in [5, 5.41) is 15.5. The van der Waals surface area contributed by atoms with E-state index in [2.05, 4.69) is 189 Å². The maximum absolute atomic E-state index is 2.57. The molecule has 4 heterocycles. The molecular formula is C50H29N3. The summed E-state index contributed by atoms with van der Waals surface area (Å²) in [6.45, 7) is 0. The number of para-hydroxylation sites is 4. The van der Waals surface area contributed by atoms with Gasteiger partial charge in [0, 0.05) is 54.5 Å². The lowest BCUT2D eigenvalue weighted by Crippen LogP contribution is -1.94. The third-order valence-electron chi connectivity index (χ3n) is 11.9. The zero-order valence-corrected chi connectivity index (χ0v) is 28.6. The van der Waals surface area contributed by atoms with Crippen LogP contribution in [0.4, 0.5) is 0 Å². The van der Waals surface area contributed by atoms with Gasteiger partial charge in [0.05, 0.1) is 38.6 Å². The zero-order chi connectivity index (χ0) is 34.4. The van der Waals surface area contributed by atoms with Crippen molar-refractivity contribution in [2.45, 2.75) is 0 Å². The summed E-state index contributed by atoms with van der Waals surface area (Å²) in [6, 6.07) is 65.1. The van der Waals surface area contributed by atoms with E-state index >= 15 is 0 Å². The molecule has 13 aromatic rings. The standard InChI is InChI=1S/C50H29N3/c1-3-14-31(15-4-1)51-43-21-11-9-19-34(43)38-26-40-41-25-37-33-18-8-7-13-30(33)23-24-36(37)49-42-27-39-35-20-10-12-22-44(35)52(32-16-5-2-6-17-32)46(39)29-48(42)53(50(41)49)47(40)28-45(38)51/h1-29H. The Labute approximate surface area is 303 Å². The third-order valence-corrected chi connectivity index (χ3v) is 11.9. The van der Waals surface area contributed by atoms with Crippen LogP contribution in [0.5, 0.6) is 0 Å². The fraction of sp³-hybridized carbons (Fsp3) is 0. The molecule has 4 aromatic heterocycles. The Hall–Kier alpha value is -7.10. The van der Waals surface area contributed by atoms with Crippen molar-refractivity contribution >= 4 is 103 Å². The van der Waals surface area contributed by atoms with Crippen LogP contribution >= 0.6 is 0 Å². The minimum absolute atomic E-state index is 1.17. The summed E-state index contributed by atoms with van der Waals surface area (Å²) in [5.41, 5.74) is 11.0. The van der Waals surface area contributed by atoms with Crippen LogP contribution in [0.25, 0.3) is 115 Å². The first kappa shape index (κ1) is 27.6. The molecule has 53 heavy (non-hydrogen) atoms. The van der Waals surface area contributed by atoms with Crippen LogP contribution in [0.1, 0.15) is 0 Å². The first-order valence-corrected chi connectivity index (χ1v) is 18.4. The second-order valence-corrected chi connectivity index (χ2v) is 14.5. The lowest BCUT2D eigenvalue weighted by molar-refractivity contribution is 1.18. The van der Waals surface area contributed by atoms with Crippen LogP contribution < -0.4 is 0 Å². The molecule has 0 N–H and O–H groups in total. The summed E-state index contributed by atoms with van der Waals surface area (Å²) in [5.74, 6) is 0. The van der Waals surface area contributed by atoms with Gasteiger partial charge in [-0.15, -0.1) is 0 Å². The Morgan fingerprint density at radius 2 is 0.755 bits per heavy atom. The highest BCUT2D eigenvalue weighted by Gasteiger charge is 2.25. The summed E-state index contributed by atoms with van der Waals surface area (Å²) in [6.07, 6.45) is 0. The molecule has 3 nitrogen and oxygen atoms in total. The minimum atomic E-state index is 1.17. The molecule has 3 heteroatoms. The largest absolute Gasteiger partial charge is 0.309 e. The Kier molecular flexibility index (Phi) is 5.11. The van der Waals surface area contributed by atoms with Crippen molar-refractivity contribution < 1.29 is 0 Å². The average Bonchev–Trinajstić information content (AvgIpc) is 3.93. The minimum Gasteiger partial charge on any atom is -0.309 e. The zero-order valence-electron chi connectivity index (χ0n) is 28.6. The molecule has 244 valence electrons. The number of benzene rings is 9. The summed E-state index contributed by atoms with van der Waals surface area (Å²) in [7, 11) is 0. The van der Waals surface area contributed by atoms with Gasteiger partial charge in [-0.25, -0.2) is 0 Å². The van der Waals surface area contributed by atoms with Crippen molar-refractivity contribution in [2.75, 3.05) is 0 Å². The van der Waals surface area contributed by atoms with Crippen LogP contribution in [-0.4, -0.2) is 13.5 Å². The Morgan fingerprint density at radius 1 is 0.264 bits per heavy atom. The molecule has 13 rings (SSSR count). The van der Waals surface area contributed by atoms with Crippen LogP contribution in [0.2, 0.25) is 0 Å². The van der Waals surface area contributed by atoms with Gasteiger partial charge in [-0.05, 0) is 88.3 Å². The highest BCUT2D eigenvalue weighted by Crippen LogP contribution is 2.48. The molecule has 0 spiro atoms. The van der Waals surface area contributed by atoms with Gasteiger partial charge >= 0.3 is 0 Å². The molecule has 0 amide bonds. The first-order chi connectivity index (χ1) is 26.3. The van der Waals surface area contributed by atoms with E-state index in [0.29, 0.717) is 0 Å². The molecule has 0 saturated heterocycles. The van der Waals surface area contributed by atoms with E-state index in [-0.39, 0.29) is 0 Å². The predicted octanol–water partition coefficient (Wildman–Crippen LogP) is 13.3. The van der Waals surface area contributed by atoms with Crippen molar-refractivity contribution in [3.05, 3.63) is 176 Å². The van der Waals surface area contributed by atoms with Gasteiger partial charge in [-0.3, -0.25) is 0 Å². The van der Waals surface area contributed by atoms with Crippen LogP contribution in [-0.2, 0) is 0 Å². The SMILES string of the molecule is c1ccc(-n2c3ccccc3c3cc4c5cc6c7ccccc7ccc6c6c7cc8c9ccccc9n(-c9ccccc9)c8cc7n(c4cc32)c56)cc1. The van der Waals surface area contributed by atoms with Crippen molar-refractivity contribution in [1.29, 1.82) is 0 Å². The Morgan fingerprint density at radius 3 is 1.40 bits per heavy atom. The van der Waals surface area contributed by atoms with Crippen molar-refractivity contribution in [3.8, 4) is 11.4 Å². The van der Waals surface area contributed by atoms with Gasteiger partial charge in [0.25, 0.3) is 0 Å². The van der Waals surface area contributed by atoms with Crippen molar-refractivity contribution in [1.82, 2.24) is 13.5 Å². The van der Waals surface area contributed by atoms with E-state index in [9.17, 15) is 0 Å². The van der Waals surface area contributed by atoms with Gasteiger partial charge in [0.15, 0.2) is 0 Å². The summed E-state index contributed by atoms with van der Waals surface area (Å²) < 4.78 is 7.45. The van der Waals surface area contributed by atoms with E-state index in [4.69, 9.17) is 0 Å². The second kappa shape index (κ2) is 9.81. The van der Waals surface area contributed by atoms with Crippen LogP contribution in [0.15, 0.2) is 176 Å². The quantitative estimate of drug-likeness (QED) is 0.162. The second-order valence-electron chi connectivity index (χ2n) is 14.5. The predicted molar refractivity (Wildman–Crippen MR) is 225 cm³/mol. The Balaban J connectivity index is 1.30. The summed E-state index contributed by atoms with van der Waals surface area (Å²) >= 11 is 0.